The van der Waals surface area contributed by atoms with Crippen LogP contribution >= 0.6 is 11.8 Å². The van der Waals surface area contributed by atoms with Gasteiger partial charge in [-0.05, 0) is 56.9 Å². The first-order valence-electron chi connectivity index (χ1n) is 8.99. The van der Waals surface area contributed by atoms with Crippen LogP contribution in [0.15, 0.2) is 33.9 Å². The summed E-state index contributed by atoms with van der Waals surface area (Å²) in [6.45, 7) is 1.99. The average Bonchev–Trinajstić information content (AvgIpc) is 3.57. The maximum absolute atomic E-state index is 13.1. The second-order valence-corrected chi connectivity index (χ2v) is 8.04. The molecule has 7 heteroatoms. The minimum atomic E-state index is -0.257. The maximum Gasteiger partial charge on any atom is 0.191 e. The minimum absolute atomic E-state index is 0.257. The van der Waals surface area contributed by atoms with Crippen molar-refractivity contribution >= 4 is 11.8 Å². The number of aromatic nitrogens is 4. The standard InChI is InChI=1S/C19H19FN4OS/c1-11-16(23-25-17(11)12-4-6-14(20)7-5-12)10-26-19-22-21-18(13-2-3-13)24(19)15-8-9-15/h4-7,13,15H,2-3,8-10H2,1H3. The van der Waals surface area contributed by atoms with Crippen LogP contribution in [0.3, 0.4) is 0 Å². The summed E-state index contributed by atoms with van der Waals surface area (Å²) < 4.78 is 21.0. The van der Waals surface area contributed by atoms with Gasteiger partial charge in [0.05, 0.1) is 5.69 Å². The topological polar surface area (TPSA) is 56.7 Å². The molecule has 2 saturated carbocycles. The second-order valence-electron chi connectivity index (χ2n) is 7.10. The zero-order chi connectivity index (χ0) is 17.7. The fourth-order valence-corrected chi connectivity index (χ4v) is 4.20. The van der Waals surface area contributed by atoms with E-state index in [-0.39, 0.29) is 5.82 Å². The summed E-state index contributed by atoms with van der Waals surface area (Å²) >= 11 is 1.67. The van der Waals surface area contributed by atoms with E-state index in [9.17, 15) is 4.39 Å². The highest BCUT2D eigenvalue weighted by molar-refractivity contribution is 7.98. The first kappa shape index (κ1) is 16.1. The van der Waals surface area contributed by atoms with Crippen molar-refractivity contribution in [2.75, 3.05) is 0 Å². The molecule has 1 aromatic carbocycles. The fraction of sp³-hybridized carbons (Fsp3) is 0.421. The zero-order valence-electron chi connectivity index (χ0n) is 14.5. The first-order chi connectivity index (χ1) is 12.7. The smallest absolute Gasteiger partial charge is 0.191 e. The van der Waals surface area contributed by atoms with Gasteiger partial charge in [-0.3, -0.25) is 0 Å². The van der Waals surface area contributed by atoms with Gasteiger partial charge >= 0.3 is 0 Å². The highest BCUT2D eigenvalue weighted by atomic mass is 32.2. The number of hydrogen-bond acceptors (Lipinski definition) is 5. The Kier molecular flexibility index (Phi) is 3.85. The Morgan fingerprint density at radius 1 is 1.15 bits per heavy atom. The number of thioether (sulfide) groups is 1. The van der Waals surface area contributed by atoms with Crippen molar-refractivity contribution in [3.05, 3.63) is 47.2 Å². The molecule has 26 heavy (non-hydrogen) atoms. The van der Waals surface area contributed by atoms with Crippen LogP contribution in [-0.4, -0.2) is 19.9 Å². The number of benzene rings is 1. The van der Waals surface area contributed by atoms with Crippen LogP contribution in [0.25, 0.3) is 11.3 Å². The molecule has 3 aromatic rings. The third kappa shape index (κ3) is 2.94. The van der Waals surface area contributed by atoms with Gasteiger partial charge in [0.1, 0.15) is 11.6 Å². The zero-order valence-corrected chi connectivity index (χ0v) is 15.3. The molecule has 2 aromatic heterocycles. The predicted molar refractivity (Wildman–Crippen MR) is 96.5 cm³/mol. The van der Waals surface area contributed by atoms with Crippen molar-refractivity contribution in [1.82, 2.24) is 19.9 Å². The van der Waals surface area contributed by atoms with Gasteiger partial charge in [0.2, 0.25) is 0 Å². The van der Waals surface area contributed by atoms with Crippen LogP contribution in [0.2, 0.25) is 0 Å². The molecule has 2 fully saturated rings. The van der Waals surface area contributed by atoms with Crippen molar-refractivity contribution in [2.24, 2.45) is 0 Å². The summed E-state index contributed by atoms with van der Waals surface area (Å²) in [5.74, 6) is 2.90. The second kappa shape index (κ2) is 6.23. The van der Waals surface area contributed by atoms with E-state index in [1.165, 1.54) is 43.6 Å². The summed E-state index contributed by atoms with van der Waals surface area (Å²) in [6.07, 6.45) is 4.92. The summed E-state index contributed by atoms with van der Waals surface area (Å²) in [7, 11) is 0. The average molecular weight is 370 g/mol. The van der Waals surface area contributed by atoms with Crippen LogP contribution in [0.4, 0.5) is 4.39 Å². The molecule has 2 aliphatic rings. The molecule has 0 aliphatic heterocycles. The molecule has 0 radical (unpaired) electrons. The number of halogens is 1. The Balaban J connectivity index is 1.36. The van der Waals surface area contributed by atoms with Crippen LogP contribution in [-0.2, 0) is 5.75 Å². The predicted octanol–water partition coefficient (Wildman–Crippen LogP) is 4.89. The van der Waals surface area contributed by atoms with E-state index in [0.717, 1.165) is 22.0 Å². The summed E-state index contributed by atoms with van der Waals surface area (Å²) in [6, 6.07) is 6.87. The monoisotopic (exact) mass is 370 g/mol. The molecule has 0 spiro atoms. The first-order valence-corrected chi connectivity index (χ1v) is 9.98. The van der Waals surface area contributed by atoms with Gasteiger partial charge in [0, 0.05) is 28.8 Å². The molecule has 0 bridgehead atoms. The van der Waals surface area contributed by atoms with E-state index in [1.54, 1.807) is 23.9 Å². The third-order valence-corrected chi connectivity index (χ3v) is 5.96. The fourth-order valence-electron chi connectivity index (χ4n) is 3.19. The lowest BCUT2D eigenvalue weighted by Gasteiger charge is -2.07. The lowest BCUT2D eigenvalue weighted by atomic mass is 10.1. The molecule has 0 unspecified atom stereocenters. The van der Waals surface area contributed by atoms with E-state index in [2.05, 4.69) is 19.9 Å². The molecule has 0 saturated heterocycles. The molecule has 5 rings (SSSR count). The number of hydrogen-bond donors (Lipinski definition) is 0. The lowest BCUT2D eigenvalue weighted by molar-refractivity contribution is 0.426. The van der Waals surface area contributed by atoms with Gasteiger partial charge in [-0.25, -0.2) is 4.39 Å². The lowest BCUT2D eigenvalue weighted by Crippen LogP contribution is -2.02. The Hall–Kier alpha value is -2.15. The van der Waals surface area contributed by atoms with E-state index in [1.807, 2.05) is 6.92 Å². The normalized spacial score (nSPS) is 17.0. The van der Waals surface area contributed by atoms with Crippen LogP contribution in [0.1, 0.15) is 54.7 Å². The Labute approximate surface area is 155 Å². The van der Waals surface area contributed by atoms with Gasteiger partial charge in [-0.1, -0.05) is 16.9 Å². The largest absolute Gasteiger partial charge is 0.356 e. The van der Waals surface area contributed by atoms with Crippen molar-refractivity contribution < 1.29 is 8.91 Å². The molecular formula is C19H19FN4OS. The van der Waals surface area contributed by atoms with Gasteiger partial charge < -0.3 is 9.09 Å². The summed E-state index contributed by atoms with van der Waals surface area (Å²) in [5.41, 5.74) is 2.72. The molecule has 134 valence electrons. The van der Waals surface area contributed by atoms with Crippen LogP contribution in [0.5, 0.6) is 0 Å². The third-order valence-electron chi connectivity index (χ3n) is 5.01. The Morgan fingerprint density at radius 2 is 1.92 bits per heavy atom. The Morgan fingerprint density at radius 3 is 2.62 bits per heavy atom. The SMILES string of the molecule is Cc1c(CSc2nnc(C3CC3)n2C2CC2)noc1-c1ccc(F)cc1. The maximum atomic E-state index is 13.1. The van der Waals surface area contributed by atoms with Crippen molar-refractivity contribution in [3.63, 3.8) is 0 Å². The van der Waals surface area contributed by atoms with E-state index < -0.39 is 0 Å². The molecule has 0 atom stereocenters. The molecular weight excluding hydrogens is 351 g/mol. The van der Waals surface area contributed by atoms with Gasteiger partial charge in [0.25, 0.3) is 0 Å². The highest BCUT2D eigenvalue weighted by Crippen LogP contribution is 2.46. The van der Waals surface area contributed by atoms with Gasteiger partial charge in [0.15, 0.2) is 10.9 Å². The van der Waals surface area contributed by atoms with E-state index >= 15 is 0 Å². The number of nitrogens with zero attached hydrogens (tertiary/aromatic N) is 4. The molecule has 0 amide bonds. The molecule has 0 N–H and O–H groups in total. The summed E-state index contributed by atoms with van der Waals surface area (Å²) in [4.78, 5) is 0. The van der Waals surface area contributed by atoms with Crippen molar-refractivity contribution in [2.45, 2.75) is 55.5 Å². The summed E-state index contributed by atoms with van der Waals surface area (Å²) in [5, 5.41) is 14.1. The molecule has 2 aliphatic carbocycles. The quantitative estimate of drug-likeness (QED) is 0.579. The molecule has 2 heterocycles. The van der Waals surface area contributed by atoms with Crippen LogP contribution < -0.4 is 0 Å². The van der Waals surface area contributed by atoms with E-state index in [4.69, 9.17) is 4.52 Å². The minimum Gasteiger partial charge on any atom is -0.356 e. The molecule has 5 nitrogen and oxygen atoms in total. The van der Waals surface area contributed by atoms with Crippen LogP contribution in [0, 0.1) is 12.7 Å². The number of rotatable bonds is 6. The van der Waals surface area contributed by atoms with Gasteiger partial charge in [-0.2, -0.15) is 0 Å². The Bertz CT molecular complexity index is 941. The van der Waals surface area contributed by atoms with E-state index in [0.29, 0.717) is 23.5 Å². The van der Waals surface area contributed by atoms with Gasteiger partial charge in [-0.15, -0.1) is 10.2 Å². The highest BCUT2D eigenvalue weighted by Gasteiger charge is 2.36. The van der Waals surface area contributed by atoms with Crippen molar-refractivity contribution in [1.29, 1.82) is 0 Å². The van der Waals surface area contributed by atoms with Crippen molar-refractivity contribution in [3.8, 4) is 11.3 Å².